The zero-order valence-corrected chi connectivity index (χ0v) is 22.1. The van der Waals surface area contributed by atoms with Gasteiger partial charge < -0.3 is 20.4 Å². The lowest BCUT2D eigenvalue weighted by molar-refractivity contribution is -0.142. The molecule has 1 rings (SSSR count). The number of likely N-dealkylation sites (N-methyl/N-ethyl adjacent to an activating group) is 2. The van der Waals surface area contributed by atoms with Gasteiger partial charge in [0.2, 0.25) is 11.8 Å². The average Bonchev–Trinajstić information content (AvgIpc) is 3.24. The third-order valence-electron chi connectivity index (χ3n) is 6.54. The van der Waals surface area contributed by atoms with Gasteiger partial charge in [-0.15, -0.1) is 11.3 Å². The summed E-state index contributed by atoms with van der Waals surface area (Å²) in [5.41, 5.74) is -0.895. The van der Waals surface area contributed by atoms with Crippen LogP contribution in [-0.2, 0) is 9.59 Å². The molecule has 10 heteroatoms. The number of rotatable bonds is 12. The predicted molar refractivity (Wildman–Crippen MR) is 129 cm³/mol. The van der Waals surface area contributed by atoms with Crippen molar-refractivity contribution in [3.05, 3.63) is 16.1 Å². The number of carboxylic acid groups (broad SMARTS) is 1. The summed E-state index contributed by atoms with van der Waals surface area (Å²) in [6, 6.07) is -1.04. The van der Waals surface area contributed by atoms with Gasteiger partial charge in [-0.2, -0.15) is 0 Å². The summed E-state index contributed by atoms with van der Waals surface area (Å²) in [4.78, 5) is 45.0. The average molecular weight is 485 g/mol. The van der Waals surface area contributed by atoms with Crippen LogP contribution in [0.4, 0.5) is 0 Å². The Labute approximate surface area is 201 Å². The zero-order chi connectivity index (χ0) is 25.7. The van der Waals surface area contributed by atoms with Crippen LogP contribution in [0.1, 0.15) is 76.0 Å². The van der Waals surface area contributed by atoms with Crippen molar-refractivity contribution in [1.29, 1.82) is 0 Å². The molecule has 2 amide bonds. The number of thiazole rings is 1. The lowest BCUT2D eigenvalue weighted by Crippen LogP contribution is -2.60. The molecule has 188 valence electrons. The van der Waals surface area contributed by atoms with Crippen molar-refractivity contribution in [1.82, 2.24) is 20.1 Å². The highest BCUT2D eigenvalue weighted by atomic mass is 32.1. The van der Waals surface area contributed by atoms with Gasteiger partial charge in [-0.1, -0.05) is 34.1 Å². The Balaban J connectivity index is 3.10. The van der Waals surface area contributed by atoms with Crippen LogP contribution in [0.5, 0.6) is 0 Å². The van der Waals surface area contributed by atoms with Crippen LogP contribution < -0.4 is 5.32 Å². The van der Waals surface area contributed by atoms with E-state index in [0.29, 0.717) is 11.4 Å². The molecule has 0 aliphatic carbocycles. The molecular weight excluding hydrogens is 444 g/mol. The number of hydrogen-bond donors (Lipinski definition) is 3. The Morgan fingerprint density at radius 2 is 1.76 bits per heavy atom. The largest absolute Gasteiger partial charge is 0.476 e. The minimum atomic E-state index is -1.15. The highest BCUT2D eigenvalue weighted by molar-refractivity contribution is 7.09. The standard InChI is InChI=1S/C23H40N4O5S/c1-10-14(4)18(25-22(32)23(5,6)26(7)8)20(29)27(9)16(13(2)3)11-17(28)19-24-15(12-33-19)21(30)31/h12-14,16-18,28H,10-11H2,1-9H3,(H,25,32)(H,30,31)/t14-,16+,17+,18-/m0/s1. The second-order valence-electron chi connectivity index (χ2n) is 9.68. The SMILES string of the molecule is CC[C@H](C)[C@H](NC(=O)C(C)(C)N(C)C)C(=O)N(C)[C@H](C[C@@H](O)c1nc(C(=O)O)cs1)C(C)C. The van der Waals surface area contributed by atoms with Crippen LogP contribution in [0.3, 0.4) is 0 Å². The van der Waals surface area contributed by atoms with Crippen LogP contribution in [0, 0.1) is 11.8 Å². The Kier molecular flexibility index (Phi) is 10.5. The molecule has 1 aromatic heterocycles. The summed E-state index contributed by atoms with van der Waals surface area (Å²) < 4.78 is 0. The normalized spacial score (nSPS) is 15.8. The summed E-state index contributed by atoms with van der Waals surface area (Å²) in [7, 11) is 5.32. The van der Waals surface area contributed by atoms with Crippen molar-refractivity contribution < 1.29 is 24.6 Å². The van der Waals surface area contributed by atoms with Crippen molar-refractivity contribution >= 4 is 29.1 Å². The van der Waals surface area contributed by atoms with E-state index in [9.17, 15) is 19.5 Å². The van der Waals surface area contributed by atoms with Crippen molar-refractivity contribution in [3.63, 3.8) is 0 Å². The molecule has 0 aliphatic heterocycles. The number of nitrogens with one attached hydrogen (secondary N) is 1. The van der Waals surface area contributed by atoms with E-state index in [2.05, 4.69) is 10.3 Å². The molecule has 0 saturated heterocycles. The molecule has 3 N–H and O–H groups in total. The van der Waals surface area contributed by atoms with E-state index in [0.717, 1.165) is 11.3 Å². The number of aromatic nitrogens is 1. The van der Waals surface area contributed by atoms with Gasteiger partial charge in [0, 0.05) is 24.9 Å². The molecular formula is C23H40N4O5S. The lowest BCUT2D eigenvalue weighted by Gasteiger charge is -2.38. The fourth-order valence-electron chi connectivity index (χ4n) is 3.33. The van der Waals surface area contributed by atoms with Crippen LogP contribution in [0.15, 0.2) is 5.38 Å². The van der Waals surface area contributed by atoms with Gasteiger partial charge in [0.15, 0.2) is 5.69 Å². The van der Waals surface area contributed by atoms with E-state index in [1.54, 1.807) is 30.7 Å². The Bertz CT molecular complexity index is 824. The lowest BCUT2D eigenvalue weighted by atomic mass is 9.92. The molecule has 0 aliphatic rings. The second kappa shape index (κ2) is 11.9. The maximum atomic E-state index is 13.6. The number of carboxylic acids is 1. The van der Waals surface area contributed by atoms with E-state index in [1.165, 1.54) is 5.38 Å². The van der Waals surface area contributed by atoms with Crippen LogP contribution >= 0.6 is 11.3 Å². The molecule has 0 fully saturated rings. The van der Waals surface area contributed by atoms with Gasteiger partial charge in [0.25, 0.3) is 0 Å². The Hall–Kier alpha value is -2.04. The number of carbonyl (C=O) groups excluding carboxylic acids is 2. The van der Waals surface area contributed by atoms with Crippen LogP contribution in [0.2, 0.25) is 0 Å². The predicted octanol–water partition coefficient (Wildman–Crippen LogP) is 2.62. The Morgan fingerprint density at radius 3 is 2.18 bits per heavy atom. The quantitative estimate of drug-likeness (QED) is 0.417. The first-order valence-corrected chi connectivity index (χ1v) is 12.1. The second-order valence-corrected chi connectivity index (χ2v) is 10.6. The summed E-state index contributed by atoms with van der Waals surface area (Å²) in [6.45, 7) is 11.4. The fourth-order valence-corrected chi connectivity index (χ4v) is 4.12. The monoisotopic (exact) mass is 484 g/mol. The van der Waals surface area contributed by atoms with Crippen LogP contribution in [0.25, 0.3) is 0 Å². The van der Waals surface area contributed by atoms with Gasteiger partial charge >= 0.3 is 5.97 Å². The van der Waals surface area contributed by atoms with Crippen molar-refractivity contribution in [2.45, 2.75) is 78.1 Å². The summed E-state index contributed by atoms with van der Waals surface area (Å²) in [5.74, 6) is -1.67. The molecule has 0 radical (unpaired) electrons. The molecule has 0 unspecified atom stereocenters. The van der Waals surface area contributed by atoms with Gasteiger partial charge in [-0.3, -0.25) is 14.5 Å². The van der Waals surface area contributed by atoms with Crippen LogP contribution in [-0.4, -0.2) is 81.5 Å². The number of aliphatic hydroxyl groups is 1. The topological polar surface area (TPSA) is 123 Å². The summed E-state index contributed by atoms with van der Waals surface area (Å²) in [6.07, 6.45) is -0.0921. The van der Waals surface area contributed by atoms with E-state index in [4.69, 9.17) is 5.11 Å². The number of carbonyl (C=O) groups is 3. The molecule has 33 heavy (non-hydrogen) atoms. The molecule has 4 atom stereocenters. The molecule has 0 spiro atoms. The van der Waals surface area contributed by atoms with E-state index in [-0.39, 0.29) is 41.8 Å². The van der Waals surface area contributed by atoms with E-state index < -0.39 is 23.7 Å². The number of amides is 2. The minimum absolute atomic E-state index is 0.0130. The van der Waals surface area contributed by atoms with Gasteiger partial charge in [0.1, 0.15) is 17.2 Å². The molecule has 0 saturated carbocycles. The molecule has 1 aromatic rings. The fraction of sp³-hybridized carbons (Fsp3) is 0.739. The maximum absolute atomic E-state index is 13.6. The Morgan fingerprint density at radius 1 is 1.18 bits per heavy atom. The minimum Gasteiger partial charge on any atom is -0.476 e. The molecule has 0 aromatic carbocycles. The number of aliphatic hydroxyl groups excluding tert-OH is 1. The van der Waals surface area contributed by atoms with E-state index in [1.807, 2.05) is 41.8 Å². The number of nitrogens with zero attached hydrogens (tertiary/aromatic N) is 3. The molecule has 9 nitrogen and oxygen atoms in total. The third kappa shape index (κ3) is 7.22. The number of hydrogen-bond acceptors (Lipinski definition) is 7. The molecule has 1 heterocycles. The maximum Gasteiger partial charge on any atom is 0.355 e. The highest BCUT2D eigenvalue weighted by Crippen LogP contribution is 2.28. The van der Waals surface area contributed by atoms with Crippen molar-refractivity contribution in [3.8, 4) is 0 Å². The van der Waals surface area contributed by atoms with E-state index >= 15 is 0 Å². The summed E-state index contributed by atoms with van der Waals surface area (Å²) >= 11 is 1.08. The molecule has 0 bridgehead atoms. The summed E-state index contributed by atoms with van der Waals surface area (Å²) in [5, 5.41) is 24.4. The van der Waals surface area contributed by atoms with Gasteiger partial charge in [0.05, 0.1) is 5.54 Å². The first-order valence-electron chi connectivity index (χ1n) is 11.3. The zero-order valence-electron chi connectivity index (χ0n) is 21.2. The third-order valence-corrected chi connectivity index (χ3v) is 7.49. The van der Waals surface area contributed by atoms with Gasteiger partial charge in [-0.25, -0.2) is 9.78 Å². The first-order chi connectivity index (χ1) is 15.1. The van der Waals surface area contributed by atoms with Crippen molar-refractivity contribution in [2.24, 2.45) is 11.8 Å². The van der Waals surface area contributed by atoms with Crippen molar-refractivity contribution in [2.75, 3.05) is 21.1 Å². The number of aromatic carboxylic acids is 1. The highest BCUT2D eigenvalue weighted by Gasteiger charge is 2.38. The van der Waals surface area contributed by atoms with Gasteiger partial charge in [-0.05, 0) is 39.8 Å². The first kappa shape index (κ1) is 29.0. The smallest absolute Gasteiger partial charge is 0.355 e.